The van der Waals surface area contributed by atoms with Crippen LogP contribution in [0, 0.1) is 0 Å². The van der Waals surface area contributed by atoms with Gasteiger partial charge in [0.2, 0.25) is 0 Å². The maximum absolute atomic E-state index is 13.2. The minimum atomic E-state index is -0.754. The first-order chi connectivity index (χ1) is 39.5. The molecule has 0 aromatic rings. The van der Waals surface area contributed by atoms with Crippen LogP contribution in [0.3, 0.4) is 0 Å². The lowest BCUT2D eigenvalue weighted by molar-refractivity contribution is -0.173. The van der Waals surface area contributed by atoms with Gasteiger partial charge in [0.1, 0.15) is 37.5 Å². The Hall–Kier alpha value is -2.32. The number of cyclic esters (lactones) is 2. The molecule has 478 valence electrons. The quantitative estimate of drug-likeness (QED) is 0.0228. The number of rotatable bonds is 56. The Labute approximate surface area is 497 Å². The van der Waals surface area contributed by atoms with Crippen LogP contribution in [0.25, 0.3) is 0 Å². The predicted octanol–water partition coefficient (Wildman–Crippen LogP) is 16.0. The van der Waals surface area contributed by atoms with Crippen LogP contribution in [0.1, 0.15) is 330 Å². The minimum absolute atomic E-state index is 0.0166. The first-order valence-electron chi connectivity index (χ1n) is 34.7. The molecule has 13 heteroatoms. The summed E-state index contributed by atoms with van der Waals surface area (Å²) in [6.07, 6.45) is 50.5. The number of ether oxygens (including phenoxy) is 4. The summed E-state index contributed by atoms with van der Waals surface area (Å²) < 4.78 is 21.8. The molecule has 7 atom stereocenters. The number of carbonyl (C=O) groups is 4. The van der Waals surface area contributed by atoms with Crippen LogP contribution in [-0.2, 0) is 38.1 Å². The number of β-amino-alcohol motifs (C(OH)–C–C–N with tert-alkyl or cyclic N) is 2. The largest absolute Gasteiger partial charge is 0.466 e. The topological polar surface area (TPSA) is 172 Å². The van der Waals surface area contributed by atoms with Crippen LogP contribution in [0.4, 0.5) is 0 Å². The summed E-state index contributed by atoms with van der Waals surface area (Å²) in [5.41, 5.74) is 0. The van der Waals surface area contributed by atoms with E-state index in [0.29, 0.717) is 45.5 Å². The molecule has 2 fully saturated rings. The van der Waals surface area contributed by atoms with Gasteiger partial charge in [-0.1, -0.05) is 279 Å². The zero-order valence-corrected chi connectivity index (χ0v) is 53.4. The highest BCUT2D eigenvalue weighted by Crippen LogP contribution is 2.25. The summed E-state index contributed by atoms with van der Waals surface area (Å²) in [5.74, 6) is -1.22. The molecule has 0 amide bonds. The minimum Gasteiger partial charge on any atom is -0.466 e. The van der Waals surface area contributed by atoms with Gasteiger partial charge in [0.25, 0.3) is 6.47 Å². The molecule has 3 N–H and O–H groups in total. The third kappa shape index (κ3) is 43.9. The zero-order valence-electron chi connectivity index (χ0n) is 53.4. The van der Waals surface area contributed by atoms with E-state index < -0.39 is 42.3 Å². The van der Waals surface area contributed by atoms with Gasteiger partial charge in [-0.05, 0) is 44.9 Å². The van der Waals surface area contributed by atoms with E-state index in [4.69, 9.17) is 18.9 Å². The fraction of sp³-hybridized carbons (Fsp3) is 0.941. The Morgan fingerprint density at radius 3 is 1.10 bits per heavy atom. The van der Waals surface area contributed by atoms with E-state index in [1.54, 1.807) is 0 Å². The van der Waals surface area contributed by atoms with Crippen molar-refractivity contribution >= 4 is 24.4 Å². The molecule has 0 aliphatic carbocycles. The maximum atomic E-state index is 13.2. The first-order valence-corrected chi connectivity index (χ1v) is 34.7. The van der Waals surface area contributed by atoms with E-state index in [9.17, 15) is 34.5 Å². The van der Waals surface area contributed by atoms with Crippen LogP contribution in [0.15, 0.2) is 0 Å². The van der Waals surface area contributed by atoms with Gasteiger partial charge >= 0.3 is 17.9 Å². The van der Waals surface area contributed by atoms with Crippen LogP contribution in [0.5, 0.6) is 0 Å². The predicted molar refractivity (Wildman–Crippen MR) is 332 cm³/mol. The fourth-order valence-electron chi connectivity index (χ4n) is 11.6. The third-order valence-corrected chi connectivity index (χ3v) is 16.8. The molecule has 2 heterocycles. The molecule has 2 aliphatic heterocycles. The summed E-state index contributed by atoms with van der Waals surface area (Å²) in [5, 5.41) is 31.9. The van der Waals surface area contributed by atoms with Crippen molar-refractivity contribution < 1.29 is 53.4 Å². The van der Waals surface area contributed by atoms with Crippen LogP contribution in [-0.4, -0.2) is 131 Å². The van der Waals surface area contributed by atoms with Crippen molar-refractivity contribution in [3.63, 3.8) is 0 Å². The van der Waals surface area contributed by atoms with E-state index in [-0.39, 0.29) is 37.8 Å². The third-order valence-electron chi connectivity index (χ3n) is 16.8. The Kier molecular flexibility index (Phi) is 52.6. The number of aliphatic hydroxyl groups excluding tert-OH is 3. The Balaban J connectivity index is 0.000000853. The van der Waals surface area contributed by atoms with Crippen LogP contribution < -0.4 is 0 Å². The lowest BCUT2D eigenvalue weighted by Gasteiger charge is -2.39. The van der Waals surface area contributed by atoms with Crippen molar-refractivity contribution in [3.05, 3.63) is 0 Å². The van der Waals surface area contributed by atoms with Gasteiger partial charge in [-0.3, -0.25) is 29.0 Å². The lowest BCUT2D eigenvalue weighted by Crippen LogP contribution is -2.56. The molecular formula is C68H130N2O11. The van der Waals surface area contributed by atoms with Gasteiger partial charge in [-0.25, -0.2) is 0 Å². The number of hydrogen-bond donors (Lipinski definition) is 3. The van der Waals surface area contributed by atoms with Crippen LogP contribution >= 0.6 is 0 Å². The van der Waals surface area contributed by atoms with Crippen molar-refractivity contribution in [2.75, 3.05) is 39.4 Å². The molecule has 0 aromatic heterocycles. The second-order valence-electron chi connectivity index (χ2n) is 24.7. The highest BCUT2D eigenvalue weighted by molar-refractivity contribution is 5.83. The Morgan fingerprint density at radius 1 is 0.457 bits per heavy atom. The molecule has 0 aromatic carbocycles. The van der Waals surface area contributed by atoms with Crippen molar-refractivity contribution in [2.45, 2.75) is 373 Å². The summed E-state index contributed by atoms with van der Waals surface area (Å²) in [4.78, 5) is 53.2. The summed E-state index contributed by atoms with van der Waals surface area (Å²) in [6.45, 7) is 13.4. The van der Waals surface area contributed by atoms with E-state index in [1.807, 2.05) is 9.80 Å². The standard InChI is InChI=1S/C40H77NO6.C28H53NO5/c1-4-7-10-13-16-19-22-25-28-35(42)32-41-33-37(30-27-24-21-18-15-12-9-6-3)47-40(45)38(41)31-39(44)46-34-36(43)29-26-23-20-17-14-11-8-5-2;1-3-5-7-9-11-13-15-17-19-25(31)21-29-22-26(34-28(32)27(29)23-33-24-30)20-18-16-14-12-10-8-6-4-2/h35-38,42-43H,4-34H2,1-3H3;24-27,31H,3-23H2,1-2H3. The average Bonchev–Trinajstić information content (AvgIpc) is 3.45. The second kappa shape index (κ2) is 55.5. The van der Waals surface area contributed by atoms with E-state index in [0.717, 1.165) is 77.0 Å². The normalized spacial score (nSPS) is 18.9. The van der Waals surface area contributed by atoms with E-state index in [2.05, 4.69) is 34.6 Å². The highest BCUT2D eigenvalue weighted by atomic mass is 16.6. The number of morpholine rings is 2. The fourth-order valence-corrected chi connectivity index (χ4v) is 11.6. The highest BCUT2D eigenvalue weighted by Gasteiger charge is 2.40. The number of aliphatic hydroxyl groups is 3. The average molecular weight is 1150 g/mol. The molecule has 0 radical (unpaired) electrons. The second-order valence-corrected chi connectivity index (χ2v) is 24.7. The number of nitrogens with zero attached hydrogens (tertiary/aromatic N) is 2. The van der Waals surface area contributed by atoms with Gasteiger partial charge in [-0.2, -0.15) is 0 Å². The number of hydrogen-bond acceptors (Lipinski definition) is 13. The molecule has 0 bridgehead atoms. The van der Waals surface area contributed by atoms with Crippen LogP contribution in [0.2, 0.25) is 0 Å². The number of esters is 3. The number of unbranched alkanes of at least 4 members (excludes halogenated alkanes) is 35. The zero-order chi connectivity index (χ0) is 59.2. The molecule has 0 spiro atoms. The first kappa shape index (κ1) is 76.7. The van der Waals surface area contributed by atoms with Gasteiger partial charge in [0, 0.05) is 26.2 Å². The Morgan fingerprint density at radius 2 is 0.753 bits per heavy atom. The van der Waals surface area contributed by atoms with Crippen molar-refractivity contribution in [3.8, 4) is 0 Å². The van der Waals surface area contributed by atoms with Gasteiger partial charge < -0.3 is 34.3 Å². The smallest absolute Gasteiger partial charge is 0.327 e. The van der Waals surface area contributed by atoms with E-state index >= 15 is 0 Å². The van der Waals surface area contributed by atoms with Crippen molar-refractivity contribution in [2.24, 2.45) is 0 Å². The number of carbonyl (C=O) groups excluding carboxylic acids is 4. The molecule has 13 nitrogen and oxygen atoms in total. The molecule has 81 heavy (non-hydrogen) atoms. The molecular weight excluding hydrogens is 1020 g/mol. The van der Waals surface area contributed by atoms with E-state index in [1.165, 1.54) is 199 Å². The summed E-state index contributed by atoms with van der Waals surface area (Å²) in [7, 11) is 0. The van der Waals surface area contributed by atoms with Crippen molar-refractivity contribution in [1.29, 1.82) is 0 Å². The van der Waals surface area contributed by atoms with Crippen molar-refractivity contribution in [1.82, 2.24) is 9.80 Å². The van der Waals surface area contributed by atoms with Gasteiger partial charge in [-0.15, -0.1) is 0 Å². The molecule has 2 rings (SSSR count). The monoisotopic (exact) mass is 1150 g/mol. The Bertz CT molecular complexity index is 1440. The lowest BCUT2D eigenvalue weighted by atomic mass is 10.0. The molecule has 2 saturated heterocycles. The van der Waals surface area contributed by atoms with Gasteiger partial charge in [0.15, 0.2) is 0 Å². The maximum Gasteiger partial charge on any atom is 0.327 e. The molecule has 7 unspecified atom stereocenters. The summed E-state index contributed by atoms with van der Waals surface area (Å²) >= 11 is 0. The molecule has 2 aliphatic rings. The SMILES string of the molecule is CCCCCCCCCCC(O)CN1CC(CCCCCCCCCC)OC(=O)C1COC=O.CCCCCCCCCCC(O)COC(=O)CC1C(=O)OC(CCCCCCCCCC)CN1CC(O)CCCCCCCCCC. The molecule has 0 saturated carbocycles. The summed E-state index contributed by atoms with van der Waals surface area (Å²) in [6, 6.07) is -1.37. The van der Waals surface area contributed by atoms with Gasteiger partial charge in [0.05, 0.1) is 24.7 Å².